The van der Waals surface area contributed by atoms with Gasteiger partial charge in [-0.05, 0) is 51.0 Å². The minimum atomic E-state index is -0.0924. The van der Waals surface area contributed by atoms with E-state index in [1.54, 1.807) is 7.05 Å². The van der Waals surface area contributed by atoms with Crippen molar-refractivity contribution in [2.75, 3.05) is 26.7 Å². The van der Waals surface area contributed by atoms with Crippen LogP contribution in [0.15, 0.2) is 0 Å². The number of likely N-dealkylation sites (N-methyl/N-ethyl adjacent to an activating group) is 2. The number of rotatable bonds is 6. The number of nitrogens with two attached hydrogens (primary N) is 1. The van der Waals surface area contributed by atoms with Crippen LogP contribution >= 0.6 is 0 Å². The average Bonchev–Trinajstić information content (AvgIpc) is 2.39. The van der Waals surface area contributed by atoms with Gasteiger partial charge < -0.3 is 16.0 Å². The Labute approximate surface area is 115 Å². The van der Waals surface area contributed by atoms with Crippen molar-refractivity contribution < 1.29 is 9.59 Å². The lowest BCUT2D eigenvalue weighted by Gasteiger charge is -2.28. The molecule has 0 radical (unpaired) electrons. The molecule has 110 valence electrons. The molecule has 3 N–H and O–H groups in total. The largest absolute Gasteiger partial charge is 0.355 e. The summed E-state index contributed by atoms with van der Waals surface area (Å²) < 4.78 is 0. The van der Waals surface area contributed by atoms with Crippen LogP contribution in [0.1, 0.15) is 39.0 Å². The maximum Gasteiger partial charge on any atom is 0.239 e. The Kier molecular flexibility index (Phi) is 6.84. The highest BCUT2D eigenvalue weighted by Crippen LogP contribution is 2.30. The summed E-state index contributed by atoms with van der Waals surface area (Å²) in [5, 5.41) is 2.70. The molecule has 0 bridgehead atoms. The van der Waals surface area contributed by atoms with Crippen LogP contribution in [-0.4, -0.2) is 43.4 Å². The molecule has 0 unspecified atom stereocenters. The summed E-state index contributed by atoms with van der Waals surface area (Å²) in [6, 6.07) is 0. The molecule has 1 saturated carbocycles. The number of carbonyl (C=O) groups is 2. The SMILES string of the molecule is CCNC(=O)CN(C)C(=O)CC1CCC(CN)CC1. The molecule has 1 aliphatic carbocycles. The van der Waals surface area contributed by atoms with Crippen molar-refractivity contribution in [3.8, 4) is 0 Å². The summed E-state index contributed by atoms with van der Waals surface area (Å²) in [5.74, 6) is 1.08. The van der Waals surface area contributed by atoms with Crippen LogP contribution < -0.4 is 11.1 Å². The van der Waals surface area contributed by atoms with E-state index in [0.29, 0.717) is 24.8 Å². The summed E-state index contributed by atoms with van der Waals surface area (Å²) in [7, 11) is 1.70. The molecule has 19 heavy (non-hydrogen) atoms. The van der Waals surface area contributed by atoms with Crippen LogP contribution in [0.2, 0.25) is 0 Å². The van der Waals surface area contributed by atoms with Crippen LogP contribution in [-0.2, 0) is 9.59 Å². The van der Waals surface area contributed by atoms with E-state index < -0.39 is 0 Å². The maximum atomic E-state index is 12.0. The van der Waals surface area contributed by atoms with Gasteiger partial charge in [-0.3, -0.25) is 9.59 Å². The van der Waals surface area contributed by atoms with Gasteiger partial charge in [0.2, 0.25) is 11.8 Å². The van der Waals surface area contributed by atoms with Gasteiger partial charge in [0.1, 0.15) is 0 Å². The van der Waals surface area contributed by atoms with Crippen LogP contribution in [0, 0.1) is 11.8 Å². The third kappa shape index (κ3) is 5.59. The van der Waals surface area contributed by atoms with Gasteiger partial charge >= 0.3 is 0 Å². The standard InChI is InChI=1S/C14H27N3O2/c1-3-16-13(18)10-17(2)14(19)8-11-4-6-12(9-15)7-5-11/h11-12H,3-10,15H2,1-2H3,(H,16,18). The van der Waals surface area contributed by atoms with Crippen molar-refractivity contribution in [2.45, 2.75) is 39.0 Å². The Bertz CT molecular complexity index is 299. The Hall–Kier alpha value is -1.10. The van der Waals surface area contributed by atoms with Gasteiger partial charge in [-0.25, -0.2) is 0 Å². The molecule has 0 heterocycles. The number of hydrogen-bond acceptors (Lipinski definition) is 3. The van der Waals surface area contributed by atoms with E-state index in [1.807, 2.05) is 6.92 Å². The van der Waals surface area contributed by atoms with Gasteiger partial charge in [0.05, 0.1) is 6.54 Å². The van der Waals surface area contributed by atoms with Gasteiger partial charge in [0.25, 0.3) is 0 Å². The first-order valence-electron chi connectivity index (χ1n) is 7.27. The molecule has 1 fully saturated rings. The van der Waals surface area contributed by atoms with E-state index >= 15 is 0 Å². The zero-order chi connectivity index (χ0) is 14.3. The molecule has 5 heteroatoms. The molecule has 1 aliphatic rings. The average molecular weight is 269 g/mol. The lowest BCUT2D eigenvalue weighted by Crippen LogP contribution is -2.39. The minimum absolute atomic E-state index is 0.0717. The van der Waals surface area contributed by atoms with Crippen molar-refractivity contribution in [2.24, 2.45) is 17.6 Å². The minimum Gasteiger partial charge on any atom is -0.355 e. The van der Waals surface area contributed by atoms with E-state index in [0.717, 1.165) is 32.2 Å². The topological polar surface area (TPSA) is 75.4 Å². The first-order chi connectivity index (χ1) is 9.06. The molecule has 0 atom stereocenters. The Balaban J connectivity index is 2.28. The fourth-order valence-corrected chi connectivity index (χ4v) is 2.63. The van der Waals surface area contributed by atoms with Gasteiger partial charge in [0.15, 0.2) is 0 Å². The molecule has 0 saturated heterocycles. The van der Waals surface area contributed by atoms with E-state index in [4.69, 9.17) is 5.73 Å². The molecule has 0 aliphatic heterocycles. The smallest absolute Gasteiger partial charge is 0.239 e. The van der Waals surface area contributed by atoms with Crippen LogP contribution in [0.25, 0.3) is 0 Å². The fraction of sp³-hybridized carbons (Fsp3) is 0.857. The molecule has 1 rings (SSSR count). The Morgan fingerprint density at radius 1 is 1.21 bits per heavy atom. The third-order valence-electron chi connectivity index (χ3n) is 3.94. The molecular formula is C14H27N3O2. The monoisotopic (exact) mass is 269 g/mol. The van der Waals surface area contributed by atoms with E-state index in [1.165, 1.54) is 4.90 Å². The highest BCUT2D eigenvalue weighted by Gasteiger charge is 2.23. The maximum absolute atomic E-state index is 12.0. The van der Waals surface area contributed by atoms with Crippen molar-refractivity contribution in [1.29, 1.82) is 0 Å². The number of nitrogens with zero attached hydrogens (tertiary/aromatic N) is 1. The summed E-state index contributed by atoms with van der Waals surface area (Å²) in [4.78, 5) is 25.0. The van der Waals surface area contributed by atoms with Crippen LogP contribution in [0.5, 0.6) is 0 Å². The normalized spacial score (nSPS) is 22.9. The lowest BCUT2D eigenvalue weighted by atomic mass is 9.80. The second-order valence-corrected chi connectivity index (χ2v) is 5.53. The fourth-order valence-electron chi connectivity index (χ4n) is 2.63. The second-order valence-electron chi connectivity index (χ2n) is 5.53. The van der Waals surface area contributed by atoms with E-state index in [9.17, 15) is 9.59 Å². The number of nitrogens with one attached hydrogen (secondary N) is 1. The van der Waals surface area contributed by atoms with Crippen molar-refractivity contribution in [3.63, 3.8) is 0 Å². The molecule has 0 aromatic rings. The van der Waals surface area contributed by atoms with Gasteiger partial charge in [-0.2, -0.15) is 0 Å². The predicted octanol–water partition coefficient (Wildman–Crippen LogP) is 0.736. The van der Waals surface area contributed by atoms with Crippen molar-refractivity contribution in [3.05, 3.63) is 0 Å². The Morgan fingerprint density at radius 2 is 1.79 bits per heavy atom. The molecular weight excluding hydrogens is 242 g/mol. The first kappa shape index (κ1) is 16.0. The molecule has 0 aromatic carbocycles. The first-order valence-corrected chi connectivity index (χ1v) is 7.27. The van der Waals surface area contributed by atoms with Crippen LogP contribution in [0.3, 0.4) is 0 Å². The quantitative estimate of drug-likeness (QED) is 0.746. The summed E-state index contributed by atoms with van der Waals surface area (Å²) in [5.41, 5.74) is 5.66. The van der Waals surface area contributed by atoms with Gasteiger partial charge in [-0.1, -0.05) is 0 Å². The molecule has 2 amide bonds. The molecule has 5 nitrogen and oxygen atoms in total. The Morgan fingerprint density at radius 3 is 2.32 bits per heavy atom. The summed E-state index contributed by atoms with van der Waals surface area (Å²) in [6.45, 7) is 3.39. The highest BCUT2D eigenvalue weighted by atomic mass is 16.2. The molecule has 0 spiro atoms. The summed E-state index contributed by atoms with van der Waals surface area (Å²) in [6.07, 6.45) is 5.00. The van der Waals surface area contributed by atoms with Gasteiger partial charge in [-0.15, -0.1) is 0 Å². The number of amides is 2. The van der Waals surface area contributed by atoms with E-state index in [-0.39, 0.29) is 18.4 Å². The highest BCUT2D eigenvalue weighted by molar-refractivity contribution is 5.84. The third-order valence-corrected chi connectivity index (χ3v) is 3.94. The second kappa shape index (κ2) is 8.15. The summed E-state index contributed by atoms with van der Waals surface area (Å²) >= 11 is 0. The van der Waals surface area contributed by atoms with Crippen molar-refractivity contribution >= 4 is 11.8 Å². The zero-order valence-corrected chi connectivity index (χ0v) is 12.2. The van der Waals surface area contributed by atoms with Crippen LogP contribution in [0.4, 0.5) is 0 Å². The molecule has 0 aromatic heterocycles. The van der Waals surface area contributed by atoms with Crippen molar-refractivity contribution in [1.82, 2.24) is 10.2 Å². The number of hydrogen-bond donors (Lipinski definition) is 2. The van der Waals surface area contributed by atoms with E-state index in [2.05, 4.69) is 5.32 Å². The predicted molar refractivity (Wildman–Crippen MR) is 75.4 cm³/mol. The van der Waals surface area contributed by atoms with Gasteiger partial charge in [0, 0.05) is 20.0 Å². The zero-order valence-electron chi connectivity index (χ0n) is 12.2. The number of carbonyl (C=O) groups excluding carboxylic acids is 2. The lowest BCUT2D eigenvalue weighted by molar-refractivity contribution is -0.135.